The Kier molecular flexibility index (Phi) is 8.20. The first-order chi connectivity index (χ1) is 22.1. The zero-order chi connectivity index (χ0) is 32.8. The first kappa shape index (κ1) is 31.4. The fraction of sp³-hybridized carbons (Fsp3) is 0.389. The average Bonchev–Trinajstić information content (AvgIpc) is 3.59. The van der Waals surface area contributed by atoms with Crippen LogP contribution in [0.4, 0.5) is 0 Å². The second kappa shape index (κ2) is 12.0. The summed E-state index contributed by atoms with van der Waals surface area (Å²) in [5.41, 5.74) is -1.88. The number of hydrogen-bond donors (Lipinski definition) is 3. The third-order valence-corrected chi connectivity index (χ3v) is 9.86. The Balaban J connectivity index is 1.61. The van der Waals surface area contributed by atoms with Crippen LogP contribution in [0.15, 0.2) is 78.4 Å². The molecule has 2 aliphatic heterocycles. The number of nitrogens with one attached hydrogen (secondary N) is 1. The molecule has 0 spiro atoms. The van der Waals surface area contributed by atoms with Gasteiger partial charge in [-0.25, -0.2) is 0 Å². The van der Waals surface area contributed by atoms with E-state index in [-0.39, 0.29) is 23.0 Å². The number of benzene rings is 3. The van der Waals surface area contributed by atoms with Crippen LogP contribution in [0.1, 0.15) is 49.3 Å². The highest BCUT2D eigenvalue weighted by molar-refractivity contribution is 5.93. The van der Waals surface area contributed by atoms with E-state index in [2.05, 4.69) is 5.32 Å². The maximum atomic E-state index is 15.1. The van der Waals surface area contributed by atoms with Crippen molar-refractivity contribution in [2.75, 3.05) is 27.9 Å². The minimum Gasteiger partial charge on any atom is -0.497 e. The van der Waals surface area contributed by atoms with Gasteiger partial charge in [-0.15, -0.1) is 0 Å². The van der Waals surface area contributed by atoms with E-state index in [1.165, 1.54) is 14.2 Å². The highest BCUT2D eigenvalue weighted by Gasteiger charge is 2.76. The fourth-order valence-corrected chi connectivity index (χ4v) is 7.52. The predicted molar refractivity (Wildman–Crippen MR) is 170 cm³/mol. The monoisotopic (exact) mass is 628 g/mol. The number of aliphatic hydroxyl groups is 2. The molecule has 242 valence electrons. The molecule has 2 bridgehead atoms. The second-order valence-corrected chi connectivity index (χ2v) is 12.1. The highest BCUT2D eigenvalue weighted by Crippen LogP contribution is 2.68. The van der Waals surface area contributed by atoms with E-state index in [1.807, 2.05) is 30.3 Å². The standard InChI is InChI=1S/C36H40N2O8/c1-6-21(2)32(39)37-28-13-10-18-38(28)33(40)31-29(22-11-8-7-9-12-22)36(23-14-16-24(43-3)17-15-23)34(41)35(31,42)30-26(45-5)19-25(44-4)20-27(30)46-36/h6-9,11-12,14-17,19-20,28-29,31,34,41-42H,10,13,18H2,1-5H3,(H,37,39)/t28-,29+,31-,34+,35-,36-/m0/s1. The van der Waals surface area contributed by atoms with Crippen LogP contribution in [0.25, 0.3) is 0 Å². The van der Waals surface area contributed by atoms with Crippen LogP contribution < -0.4 is 24.3 Å². The van der Waals surface area contributed by atoms with Gasteiger partial charge in [0.15, 0.2) is 5.60 Å². The zero-order valence-electron chi connectivity index (χ0n) is 26.7. The van der Waals surface area contributed by atoms with Crippen LogP contribution in [0.2, 0.25) is 0 Å². The van der Waals surface area contributed by atoms with Crippen molar-refractivity contribution in [3.63, 3.8) is 0 Å². The van der Waals surface area contributed by atoms with Gasteiger partial charge in [-0.1, -0.05) is 48.5 Å². The van der Waals surface area contributed by atoms with Crippen LogP contribution in [-0.4, -0.2) is 67.1 Å². The summed E-state index contributed by atoms with van der Waals surface area (Å²) in [6.45, 7) is 3.87. The lowest BCUT2D eigenvalue weighted by atomic mass is 9.75. The molecule has 3 aliphatic rings. The number of nitrogens with zero attached hydrogens (tertiary/aromatic N) is 1. The van der Waals surface area contributed by atoms with Crippen LogP contribution in [-0.2, 0) is 20.8 Å². The molecule has 46 heavy (non-hydrogen) atoms. The number of carbonyl (C=O) groups excluding carboxylic acids is 2. The van der Waals surface area contributed by atoms with Crippen molar-refractivity contribution in [2.24, 2.45) is 5.92 Å². The molecule has 2 heterocycles. The van der Waals surface area contributed by atoms with Gasteiger partial charge < -0.3 is 39.4 Å². The summed E-state index contributed by atoms with van der Waals surface area (Å²) in [5, 5.41) is 28.7. The van der Waals surface area contributed by atoms with E-state index in [0.717, 1.165) is 0 Å². The number of fused-ring (bicyclic) bond motifs is 4. The van der Waals surface area contributed by atoms with E-state index < -0.39 is 41.2 Å². The minimum atomic E-state index is -2.18. The van der Waals surface area contributed by atoms with Crippen molar-refractivity contribution >= 4 is 11.8 Å². The predicted octanol–water partition coefficient (Wildman–Crippen LogP) is 3.99. The summed E-state index contributed by atoms with van der Waals surface area (Å²) < 4.78 is 23.6. The van der Waals surface area contributed by atoms with E-state index in [1.54, 1.807) is 68.3 Å². The van der Waals surface area contributed by atoms with Gasteiger partial charge in [-0.3, -0.25) is 9.59 Å². The Morgan fingerprint density at radius 3 is 2.33 bits per heavy atom. The van der Waals surface area contributed by atoms with E-state index in [4.69, 9.17) is 18.9 Å². The Labute approximate surface area is 268 Å². The molecule has 2 fully saturated rings. The minimum absolute atomic E-state index is 0.161. The molecular weight excluding hydrogens is 588 g/mol. The van der Waals surface area contributed by atoms with E-state index in [0.29, 0.717) is 47.6 Å². The third-order valence-electron chi connectivity index (χ3n) is 9.86. The van der Waals surface area contributed by atoms with Gasteiger partial charge in [-0.2, -0.15) is 0 Å². The molecule has 6 atom stereocenters. The maximum absolute atomic E-state index is 15.1. The van der Waals surface area contributed by atoms with Crippen LogP contribution >= 0.6 is 0 Å². The number of allylic oxidation sites excluding steroid dienone is 1. The number of likely N-dealkylation sites (tertiary alicyclic amines) is 1. The van der Waals surface area contributed by atoms with Crippen LogP contribution in [0, 0.1) is 5.92 Å². The van der Waals surface area contributed by atoms with Crippen LogP contribution in [0.3, 0.4) is 0 Å². The lowest BCUT2D eigenvalue weighted by Crippen LogP contribution is -2.56. The van der Waals surface area contributed by atoms with Gasteiger partial charge in [-0.05, 0) is 49.9 Å². The third kappa shape index (κ3) is 4.62. The molecule has 3 N–H and O–H groups in total. The molecule has 10 heteroatoms. The van der Waals surface area contributed by atoms with Crippen molar-refractivity contribution in [2.45, 2.75) is 56.1 Å². The number of ether oxygens (including phenoxy) is 4. The first-order valence-electron chi connectivity index (χ1n) is 15.4. The molecule has 1 saturated carbocycles. The fourth-order valence-electron chi connectivity index (χ4n) is 7.52. The Hall–Kier alpha value is -4.54. The Bertz CT molecular complexity index is 1660. The van der Waals surface area contributed by atoms with Gasteiger partial charge in [0.2, 0.25) is 11.8 Å². The van der Waals surface area contributed by atoms with Crippen molar-refractivity contribution in [1.82, 2.24) is 10.2 Å². The lowest BCUT2D eigenvalue weighted by Gasteiger charge is -2.45. The summed E-state index contributed by atoms with van der Waals surface area (Å²) in [4.78, 5) is 29.7. The molecule has 6 rings (SSSR count). The number of carbonyl (C=O) groups is 2. The Morgan fingerprint density at radius 1 is 1.00 bits per heavy atom. The van der Waals surface area contributed by atoms with Gasteiger partial charge in [0.25, 0.3) is 0 Å². The quantitative estimate of drug-likeness (QED) is 0.320. The lowest BCUT2D eigenvalue weighted by molar-refractivity contribution is -0.167. The van der Waals surface area contributed by atoms with Crippen molar-refractivity contribution < 1.29 is 38.7 Å². The summed E-state index contributed by atoms with van der Waals surface area (Å²) in [7, 11) is 4.52. The van der Waals surface area contributed by atoms with Gasteiger partial charge >= 0.3 is 0 Å². The summed E-state index contributed by atoms with van der Waals surface area (Å²) in [6.07, 6.45) is 0.710. The Morgan fingerprint density at radius 2 is 1.70 bits per heavy atom. The topological polar surface area (TPSA) is 127 Å². The molecule has 1 aliphatic carbocycles. The van der Waals surface area contributed by atoms with E-state index >= 15 is 4.79 Å². The summed E-state index contributed by atoms with van der Waals surface area (Å²) >= 11 is 0. The number of aliphatic hydroxyl groups excluding tert-OH is 1. The second-order valence-electron chi connectivity index (χ2n) is 12.1. The highest BCUT2D eigenvalue weighted by atomic mass is 16.5. The molecule has 1 saturated heterocycles. The molecule has 3 aromatic carbocycles. The van der Waals surface area contributed by atoms with Crippen molar-refractivity contribution in [3.8, 4) is 23.0 Å². The summed E-state index contributed by atoms with van der Waals surface area (Å²) in [5.74, 6) is -1.37. The largest absolute Gasteiger partial charge is 0.497 e. The summed E-state index contributed by atoms with van der Waals surface area (Å²) in [6, 6.07) is 19.6. The number of amides is 2. The van der Waals surface area contributed by atoms with Crippen LogP contribution in [0.5, 0.6) is 23.0 Å². The number of rotatable bonds is 8. The van der Waals surface area contributed by atoms with Gasteiger partial charge in [0, 0.05) is 30.2 Å². The molecule has 10 nitrogen and oxygen atoms in total. The van der Waals surface area contributed by atoms with Gasteiger partial charge in [0.1, 0.15) is 40.9 Å². The maximum Gasteiger partial charge on any atom is 0.248 e. The smallest absolute Gasteiger partial charge is 0.248 e. The molecule has 2 amide bonds. The van der Waals surface area contributed by atoms with E-state index in [9.17, 15) is 15.0 Å². The molecular formula is C36H40N2O8. The number of methoxy groups -OCH3 is 3. The molecule has 0 aromatic heterocycles. The number of hydrogen-bond acceptors (Lipinski definition) is 8. The molecule has 0 unspecified atom stereocenters. The molecule has 0 radical (unpaired) electrons. The normalized spacial score (nSPS) is 28.2. The molecule has 3 aromatic rings. The zero-order valence-corrected chi connectivity index (χ0v) is 26.7. The first-order valence-corrected chi connectivity index (χ1v) is 15.4. The van der Waals surface area contributed by atoms with Gasteiger partial charge in [0.05, 0.1) is 32.8 Å². The average molecular weight is 629 g/mol. The van der Waals surface area contributed by atoms with Crippen molar-refractivity contribution in [3.05, 3.63) is 95.1 Å². The van der Waals surface area contributed by atoms with Crippen molar-refractivity contribution in [1.29, 1.82) is 0 Å². The SMILES string of the molecule is CC=C(C)C(=O)N[C@@H]1CCCN1C(=O)[C@@H]1[C@@H](c2ccccc2)[C@]2(c3ccc(OC)cc3)Oc3cc(OC)cc(OC)c3[C@@]1(O)[C@H]2O.